The average molecular weight is 212 g/mol. The first-order valence-corrected chi connectivity index (χ1v) is 6.11. The van der Waals surface area contributed by atoms with Gasteiger partial charge in [-0.25, -0.2) is 0 Å². The summed E-state index contributed by atoms with van der Waals surface area (Å²) in [6.45, 7) is 2.18. The molecule has 0 aliphatic carbocycles. The van der Waals surface area contributed by atoms with E-state index in [0.717, 1.165) is 12.8 Å². The van der Waals surface area contributed by atoms with Gasteiger partial charge in [-0.3, -0.25) is 4.79 Å². The summed E-state index contributed by atoms with van der Waals surface area (Å²) >= 11 is 0. The number of hydrogen-bond donors (Lipinski definition) is 1. The molecule has 0 radical (unpaired) electrons. The van der Waals surface area contributed by atoms with Crippen molar-refractivity contribution in [3.63, 3.8) is 0 Å². The van der Waals surface area contributed by atoms with Gasteiger partial charge < -0.3 is 5.11 Å². The fourth-order valence-corrected chi connectivity index (χ4v) is 1.52. The molecule has 0 aromatic carbocycles. The van der Waals surface area contributed by atoms with Crippen molar-refractivity contribution < 1.29 is 9.90 Å². The third-order valence-electron chi connectivity index (χ3n) is 2.44. The first-order chi connectivity index (χ1) is 7.31. The number of carbonyl (C=O) groups excluding carboxylic acids is 1. The normalized spacial score (nSPS) is 11.1. The van der Waals surface area contributed by atoms with Gasteiger partial charge in [0.2, 0.25) is 0 Å². The maximum atomic E-state index is 11.1. The van der Waals surface area contributed by atoms with E-state index < -0.39 is 0 Å². The van der Waals surface area contributed by atoms with Crippen LogP contribution >= 0.6 is 0 Å². The van der Waals surface area contributed by atoms with E-state index >= 15 is 0 Å². The quantitative estimate of drug-likeness (QED) is 0.446. The fraction of sp³-hybridized carbons (Fsp3) is 0.769. The summed E-state index contributed by atoms with van der Waals surface area (Å²) in [5.74, 6) is 0.137. The summed E-state index contributed by atoms with van der Waals surface area (Å²) in [5.41, 5.74) is 0. The van der Waals surface area contributed by atoms with Gasteiger partial charge in [0.1, 0.15) is 0 Å². The Bertz CT molecular complexity index is 173. The second-order valence-electron chi connectivity index (χ2n) is 3.92. The van der Waals surface area contributed by atoms with E-state index in [4.69, 9.17) is 5.11 Å². The predicted molar refractivity (Wildman–Crippen MR) is 63.8 cm³/mol. The zero-order chi connectivity index (χ0) is 11.4. The second kappa shape index (κ2) is 11.4. The smallest absolute Gasteiger partial charge is 0.155 e. The van der Waals surface area contributed by atoms with Gasteiger partial charge in [0.25, 0.3) is 0 Å². The van der Waals surface area contributed by atoms with Crippen molar-refractivity contribution in [2.75, 3.05) is 6.61 Å². The lowest BCUT2D eigenvalue weighted by Gasteiger charge is -1.99. The van der Waals surface area contributed by atoms with E-state index in [1.807, 2.05) is 0 Å². The first kappa shape index (κ1) is 14.4. The average Bonchev–Trinajstić information content (AvgIpc) is 2.25. The maximum Gasteiger partial charge on any atom is 0.155 e. The minimum absolute atomic E-state index is 0.0389. The molecule has 15 heavy (non-hydrogen) atoms. The highest BCUT2D eigenvalue weighted by Gasteiger charge is 1.96. The van der Waals surface area contributed by atoms with Gasteiger partial charge in [0.15, 0.2) is 5.78 Å². The summed E-state index contributed by atoms with van der Waals surface area (Å²) in [7, 11) is 0. The summed E-state index contributed by atoms with van der Waals surface area (Å²) in [4.78, 5) is 11.1. The monoisotopic (exact) mass is 212 g/mol. The molecule has 0 atom stereocenters. The van der Waals surface area contributed by atoms with Crippen molar-refractivity contribution in [3.05, 3.63) is 12.2 Å². The molecular weight excluding hydrogens is 188 g/mol. The van der Waals surface area contributed by atoms with E-state index in [-0.39, 0.29) is 12.4 Å². The van der Waals surface area contributed by atoms with E-state index in [2.05, 4.69) is 6.92 Å². The molecule has 0 saturated heterocycles. The Balaban J connectivity index is 3.16. The van der Waals surface area contributed by atoms with Crippen LogP contribution < -0.4 is 0 Å². The van der Waals surface area contributed by atoms with Crippen molar-refractivity contribution >= 4 is 5.78 Å². The molecule has 0 aliphatic rings. The lowest BCUT2D eigenvalue weighted by atomic mass is 10.1. The molecule has 0 bridgehead atoms. The van der Waals surface area contributed by atoms with Gasteiger partial charge in [-0.2, -0.15) is 0 Å². The Morgan fingerprint density at radius 3 is 2.27 bits per heavy atom. The van der Waals surface area contributed by atoms with Crippen LogP contribution in [0.5, 0.6) is 0 Å². The predicted octanol–water partition coefficient (Wildman–Crippen LogP) is 3.24. The Kier molecular flexibility index (Phi) is 11.0. The Morgan fingerprint density at radius 2 is 1.67 bits per heavy atom. The van der Waals surface area contributed by atoms with Gasteiger partial charge in [0.05, 0.1) is 6.61 Å². The van der Waals surface area contributed by atoms with Crippen molar-refractivity contribution in [2.24, 2.45) is 0 Å². The van der Waals surface area contributed by atoms with E-state index in [1.54, 1.807) is 0 Å². The minimum Gasteiger partial charge on any atom is -0.392 e. The standard InChI is InChI=1S/C13H24O2/c1-2-3-4-5-6-7-8-10-13(15)11-9-12-14/h9,11,14H,2-8,10,12H2,1H3. The molecule has 0 fully saturated rings. The summed E-state index contributed by atoms with van der Waals surface area (Å²) < 4.78 is 0. The molecule has 0 aromatic heterocycles. The number of aliphatic hydroxyl groups excluding tert-OH is 1. The SMILES string of the molecule is CCCCCCCCCC(=O)C=CCO. The van der Waals surface area contributed by atoms with E-state index in [1.165, 1.54) is 44.3 Å². The molecule has 0 saturated carbocycles. The van der Waals surface area contributed by atoms with Gasteiger partial charge >= 0.3 is 0 Å². The van der Waals surface area contributed by atoms with Gasteiger partial charge in [0, 0.05) is 6.42 Å². The van der Waals surface area contributed by atoms with Crippen LogP contribution in [0.15, 0.2) is 12.2 Å². The Hall–Kier alpha value is -0.630. The fourth-order valence-electron chi connectivity index (χ4n) is 1.52. The van der Waals surface area contributed by atoms with E-state index in [0.29, 0.717) is 6.42 Å². The number of hydrogen-bond acceptors (Lipinski definition) is 2. The third-order valence-corrected chi connectivity index (χ3v) is 2.44. The molecule has 88 valence electrons. The molecule has 0 unspecified atom stereocenters. The Morgan fingerprint density at radius 1 is 1.07 bits per heavy atom. The Labute approximate surface area is 93.4 Å². The van der Waals surface area contributed by atoms with Gasteiger partial charge in [-0.1, -0.05) is 51.5 Å². The molecule has 2 heteroatoms. The highest BCUT2D eigenvalue weighted by atomic mass is 16.2. The maximum absolute atomic E-state index is 11.1. The molecule has 2 nitrogen and oxygen atoms in total. The van der Waals surface area contributed by atoms with Crippen LogP contribution in [-0.2, 0) is 4.79 Å². The summed E-state index contributed by atoms with van der Waals surface area (Å²) in [6, 6.07) is 0. The van der Waals surface area contributed by atoms with Gasteiger partial charge in [-0.05, 0) is 12.5 Å². The topological polar surface area (TPSA) is 37.3 Å². The molecule has 0 spiro atoms. The van der Waals surface area contributed by atoms with Crippen LogP contribution in [0.3, 0.4) is 0 Å². The van der Waals surface area contributed by atoms with E-state index in [9.17, 15) is 4.79 Å². The molecule has 0 heterocycles. The molecular formula is C13H24O2. The minimum atomic E-state index is -0.0389. The van der Waals surface area contributed by atoms with Gasteiger partial charge in [-0.15, -0.1) is 0 Å². The second-order valence-corrected chi connectivity index (χ2v) is 3.92. The number of rotatable bonds is 10. The number of ketones is 1. The van der Waals surface area contributed by atoms with Crippen LogP contribution in [0.2, 0.25) is 0 Å². The molecule has 0 aromatic rings. The first-order valence-electron chi connectivity index (χ1n) is 6.11. The van der Waals surface area contributed by atoms with Crippen LogP contribution in [0.25, 0.3) is 0 Å². The third kappa shape index (κ3) is 11.3. The zero-order valence-corrected chi connectivity index (χ0v) is 9.87. The van der Waals surface area contributed by atoms with Crippen LogP contribution in [0.1, 0.15) is 58.3 Å². The number of carbonyl (C=O) groups is 1. The molecule has 1 N–H and O–H groups in total. The van der Waals surface area contributed by atoms with Crippen LogP contribution in [0, 0.1) is 0 Å². The highest BCUT2D eigenvalue weighted by molar-refractivity contribution is 5.89. The van der Waals surface area contributed by atoms with Crippen molar-refractivity contribution in [2.45, 2.75) is 58.3 Å². The molecule has 0 aliphatic heterocycles. The van der Waals surface area contributed by atoms with Crippen LogP contribution in [-0.4, -0.2) is 17.5 Å². The lowest BCUT2D eigenvalue weighted by Crippen LogP contribution is -1.93. The molecule has 0 rings (SSSR count). The summed E-state index contributed by atoms with van der Waals surface area (Å²) in [6.07, 6.45) is 12.2. The highest BCUT2D eigenvalue weighted by Crippen LogP contribution is 2.08. The number of unbranched alkanes of at least 4 members (excludes halogenated alkanes) is 6. The number of allylic oxidation sites excluding steroid dienone is 1. The molecule has 0 amide bonds. The lowest BCUT2D eigenvalue weighted by molar-refractivity contribution is -0.114. The zero-order valence-electron chi connectivity index (χ0n) is 9.87. The van der Waals surface area contributed by atoms with Crippen LogP contribution in [0.4, 0.5) is 0 Å². The van der Waals surface area contributed by atoms with Crippen molar-refractivity contribution in [3.8, 4) is 0 Å². The largest absolute Gasteiger partial charge is 0.392 e. The summed E-state index contributed by atoms with van der Waals surface area (Å²) in [5, 5.41) is 8.47. The van der Waals surface area contributed by atoms with Crippen molar-refractivity contribution in [1.82, 2.24) is 0 Å². The van der Waals surface area contributed by atoms with Crippen molar-refractivity contribution in [1.29, 1.82) is 0 Å². The number of aliphatic hydroxyl groups is 1.